The normalized spacial score (nSPS) is 10.6. The molecule has 150 valence electrons. The van der Waals surface area contributed by atoms with Crippen molar-refractivity contribution in [1.82, 2.24) is 25.5 Å². The van der Waals surface area contributed by atoms with Gasteiger partial charge in [-0.3, -0.25) is 9.89 Å². The number of hydrogen-bond donors (Lipinski definition) is 2. The quantitative estimate of drug-likeness (QED) is 0.473. The zero-order chi connectivity index (χ0) is 20.8. The first-order valence-electron chi connectivity index (χ1n) is 9.25. The van der Waals surface area contributed by atoms with Crippen LogP contribution in [0.5, 0.6) is 5.75 Å². The van der Waals surface area contributed by atoms with Crippen molar-refractivity contribution in [3.05, 3.63) is 84.3 Å². The van der Waals surface area contributed by atoms with E-state index in [9.17, 15) is 4.79 Å². The molecule has 0 spiro atoms. The fourth-order valence-corrected chi connectivity index (χ4v) is 3.65. The summed E-state index contributed by atoms with van der Waals surface area (Å²) in [4.78, 5) is 22.6. The lowest BCUT2D eigenvalue weighted by Gasteiger charge is -2.08. The summed E-state index contributed by atoms with van der Waals surface area (Å²) >= 11 is 1.45. The largest absolute Gasteiger partial charge is 0.497 e. The fraction of sp³-hybridized carbons (Fsp3) is 0.0909. The number of carbonyl (C=O) groups excluding carboxylic acids is 1. The van der Waals surface area contributed by atoms with Crippen molar-refractivity contribution < 1.29 is 9.53 Å². The number of methoxy groups -OCH3 is 1. The van der Waals surface area contributed by atoms with Crippen molar-refractivity contribution in [1.29, 1.82) is 0 Å². The Bertz CT molecular complexity index is 1130. The summed E-state index contributed by atoms with van der Waals surface area (Å²) in [6.45, 7) is 0.228. The van der Waals surface area contributed by atoms with Gasteiger partial charge in [0.05, 0.1) is 19.2 Å². The Morgan fingerprint density at radius 1 is 1.07 bits per heavy atom. The molecule has 4 rings (SSSR count). The van der Waals surface area contributed by atoms with Crippen LogP contribution < -0.4 is 10.1 Å². The van der Waals surface area contributed by atoms with Crippen LogP contribution in [0.3, 0.4) is 0 Å². The number of nitrogens with zero attached hydrogens (tertiary/aromatic N) is 3. The second kappa shape index (κ2) is 9.23. The number of nitrogens with one attached hydrogen (secondary N) is 2. The van der Waals surface area contributed by atoms with E-state index in [-0.39, 0.29) is 12.5 Å². The highest BCUT2D eigenvalue weighted by Gasteiger charge is 2.14. The average molecular weight is 417 g/mol. The van der Waals surface area contributed by atoms with Crippen LogP contribution in [-0.4, -0.2) is 33.2 Å². The van der Waals surface area contributed by atoms with Gasteiger partial charge in [0.1, 0.15) is 16.6 Å². The van der Waals surface area contributed by atoms with Crippen LogP contribution in [0.1, 0.15) is 16.2 Å². The van der Waals surface area contributed by atoms with E-state index in [0.29, 0.717) is 22.2 Å². The van der Waals surface area contributed by atoms with Crippen LogP contribution in [0.15, 0.2) is 82.8 Å². The lowest BCUT2D eigenvalue weighted by Crippen LogP contribution is -2.24. The summed E-state index contributed by atoms with van der Waals surface area (Å²) in [5.74, 6) is 1.67. The van der Waals surface area contributed by atoms with Crippen molar-refractivity contribution in [3.63, 3.8) is 0 Å². The highest BCUT2D eigenvalue weighted by molar-refractivity contribution is 7.99. The van der Waals surface area contributed by atoms with Gasteiger partial charge in [-0.15, -0.1) is 0 Å². The molecule has 4 aromatic rings. The van der Waals surface area contributed by atoms with E-state index in [1.807, 2.05) is 54.6 Å². The minimum absolute atomic E-state index is 0.219. The molecule has 0 atom stereocenters. The van der Waals surface area contributed by atoms with Gasteiger partial charge in [-0.05, 0) is 48.5 Å². The lowest BCUT2D eigenvalue weighted by atomic mass is 10.2. The summed E-state index contributed by atoms with van der Waals surface area (Å²) in [5.41, 5.74) is 1.37. The zero-order valence-electron chi connectivity index (χ0n) is 16.2. The second-order valence-corrected chi connectivity index (χ2v) is 7.35. The third kappa shape index (κ3) is 4.66. The first-order chi connectivity index (χ1) is 14.7. The molecule has 2 aromatic heterocycles. The number of benzene rings is 2. The number of carbonyl (C=O) groups is 1. The smallest absolute Gasteiger partial charge is 0.254 e. The van der Waals surface area contributed by atoms with Gasteiger partial charge in [-0.25, -0.2) is 9.97 Å². The van der Waals surface area contributed by atoms with Crippen molar-refractivity contribution in [3.8, 4) is 17.1 Å². The molecular weight excluding hydrogens is 398 g/mol. The number of amides is 1. The Morgan fingerprint density at radius 3 is 2.63 bits per heavy atom. The lowest BCUT2D eigenvalue weighted by molar-refractivity contribution is 0.0946. The highest BCUT2D eigenvalue weighted by Crippen LogP contribution is 2.28. The first-order valence-corrected chi connectivity index (χ1v) is 10.1. The molecule has 0 aliphatic heterocycles. The summed E-state index contributed by atoms with van der Waals surface area (Å²) < 4.78 is 5.16. The van der Waals surface area contributed by atoms with Gasteiger partial charge in [0, 0.05) is 16.7 Å². The standard InChI is InChI=1S/C22H19N5O2S/c1-29-16-11-9-15(10-12-16)20-25-19(26-27-20)14-24-21(28)18-8-5-13-23-22(18)30-17-6-3-2-4-7-17/h2-13H,14H2,1H3,(H,24,28)(H,25,26,27). The third-order valence-electron chi connectivity index (χ3n) is 4.27. The Hall–Kier alpha value is -3.65. The van der Waals surface area contributed by atoms with E-state index in [2.05, 4.69) is 25.5 Å². The Morgan fingerprint density at radius 2 is 1.87 bits per heavy atom. The molecule has 0 bridgehead atoms. The van der Waals surface area contributed by atoms with Crippen LogP contribution in [0.2, 0.25) is 0 Å². The molecule has 30 heavy (non-hydrogen) atoms. The highest BCUT2D eigenvalue weighted by atomic mass is 32.2. The molecule has 1 amide bonds. The number of ether oxygens (including phenoxy) is 1. The van der Waals surface area contributed by atoms with E-state index in [4.69, 9.17) is 4.74 Å². The molecule has 0 aliphatic carbocycles. The molecule has 0 unspecified atom stereocenters. The Kier molecular flexibility index (Phi) is 6.05. The number of aromatic nitrogens is 4. The van der Waals surface area contributed by atoms with Gasteiger partial charge < -0.3 is 10.1 Å². The zero-order valence-corrected chi connectivity index (χ0v) is 17.0. The number of H-pyrrole nitrogens is 1. The molecular formula is C22H19N5O2S. The molecule has 0 radical (unpaired) electrons. The van der Waals surface area contributed by atoms with Crippen molar-refractivity contribution in [2.75, 3.05) is 7.11 Å². The molecule has 7 nitrogen and oxygen atoms in total. The van der Waals surface area contributed by atoms with Crippen molar-refractivity contribution in [2.45, 2.75) is 16.5 Å². The maximum absolute atomic E-state index is 12.7. The summed E-state index contributed by atoms with van der Waals surface area (Å²) in [6, 6.07) is 20.8. The molecule has 2 heterocycles. The number of pyridine rings is 1. The Labute approximate surface area is 177 Å². The van der Waals surface area contributed by atoms with E-state index >= 15 is 0 Å². The average Bonchev–Trinajstić information content (AvgIpc) is 3.28. The van der Waals surface area contributed by atoms with Crippen molar-refractivity contribution >= 4 is 17.7 Å². The predicted octanol–water partition coefficient (Wildman–Crippen LogP) is 3.96. The van der Waals surface area contributed by atoms with E-state index in [0.717, 1.165) is 16.2 Å². The maximum Gasteiger partial charge on any atom is 0.254 e. The van der Waals surface area contributed by atoms with Gasteiger partial charge >= 0.3 is 0 Å². The van der Waals surface area contributed by atoms with E-state index < -0.39 is 0 Å². The summed E-state index contributed by atoms with van der Waals surface area (Å²) in [6.07, 6.45) is 1.68. The SMILES string of the molecule is COc1ccc(-c2n[nH]c(CNC(=O)c3cccnc3Sc3ccccc3)n2)cc1. The van der Waals surface area contributed by atoms with Crippen LogP contribution in [0.25, 0.3) is 11.4 Å². The van der Waals surface area contributed by atoms with Crippen LogP contribution >= 0.6 is 11.8 Å². The fourth-order valence-electron chi connectivity index (χ4n) is 2.75. The minimum Gasteiger partial charge on any atom is -0.497 e. The topological polar surface area (TPSA) is 92.8 Å². The molecule has 0 saturated carbocycles. The molecule has 0 fully saturated rings. The van der Waals surface area contributed by atoms with Gasteiger partial charge in [-0.2, -0.15) is 5.10 Å². The first kappa shape index (κ1) is 19.7. The number of hydrogen-bond acceptors (Lipinski definition) is 6. The van der Waals surface area contributed by atoms with E-state index in [1.54, 1.807) is 25.4 Å². The van der Waals surface area contributed by atoms with Crippen LogP contribution in [-0.2, 0) is 6.54 Å². The number of aromatic amines is 1. The van der Waals surface area contributed by atoms with Gasteiger partial charge in [0.2, 0.25) is 0 Å². The molecule has 0 saturated heterocycles. The van der Waals surface area contributed by atoms with Crippen molar-refractivity contribution in [2.24, 2.45) is 0 Å². The van der Waals surface area contributed by atoms with Crippen LogP contribution in [0, 0.1) is 0 Å². The molecule has 2 aromatic carbocycles. The second-order valence-electron chi connectivity index (χ2n) is 6.29. The number of rotatable bonds is 7. The Balaban J connectivity index is 1.42. The molecule has 2 N–H and O–H groups in total. The predicted molar refractivity (Wildman–Crippen MR) is 114 cm³/mol. The molecule has 8 heteroatoms. The molecule has 0 aliphatic rings. The van der Waals surface area contributed by atoms with Gasteiger partial charge in [0.25, 0.3) is 5.91 Å². The monoisotopic (exact) mass is 417 g/mol. The maximum atomic E-state index is 12.7. The minimum atomic E-state index is -0.219. The van der Waals surface area contributed by atoms with Gasteiger partial charge in [0.15, 0.2) is 5.82 Å². The van der Waals surface area contributed by atoms with E-state index in [1.165, 1.54) is 11.8 Å². The van der Waals surface area contributed by atoms with Gasteiger partial charge in [-0.1, -0.05) is 30.0 Å². The third-order valence-corrected chi connectivity index (χ3v) is 5.30. The summed E-state index contributed by atoms with van der Waals surface area (Å²) in [7, 11) is 1.62. The van der Waals surface area contributed by atoms with Crippen LogP contribution in [0.4, 0.5) is 0 Å². The summed E-state index contributed by atoms with van der Waals surface area (Å²) in [5, 5.41) is 10.6.